The second kappa shape index (κ2) is 3.88. The van der Waals surface area contributed by atoms with Crippen LogP contribution in [0.5, 0.6) is 0 Å². The van der Waals surface area contributed by atoms with Crippen LogP contribution in [0.15, 0.2) is 18.3 Å². The minimum atomic E-state index is 0.521. The lowest BCUT2D eigenvalue weighted by Gasteiger charge is -1.99. The molecule has 0 aliphatic heterocycles. The average Bonchev–Trinajstić information content (AvgIpc) is 2.07. The zero-order chi connectivity index (χ0) is 8.97. The summed E-state index contributed by atoms with van der Waals surface area (Å²) in [4.78, 5) is 4.02. The SMILES string of the molecule is Cc1cnc(N)c(C=CCN)c1. The van der Waals surface area contributed by atoms with Gasteiger partial charge in [-0.15, -0.1) is 0 Å². The van der Waals surface area contributed by atoms with E-state index in [0.29, 0.717) is 12.4 Å². The molecule has 4 N–H and O–H groups in total. The molecule has 0 aliphatic carbocycles. The first-order chi connectivity index (χ1) is 5.74. The molecule has 1 heterocycles. The van der Waals surface area contributed by atoms with Crippen molar-refractivity contribution >= 4 is 11.9 Å². The van der Waals surface area contributed by atoms with E-state index in [4.69, 9.17) is 11.5 Å². The Hall–Kier alpha value is -1.35. The summed E-state index contributed by atoms with van der Waals surface area (Å²) in [5.74, 6) is 0.547. The molecule has 1 aromatic rings. The highest BCUT2D eigenvalue weighted by atomic mass is 14.8. The van der Waals surface area contributed by atoms with Crippen LogP contribution in [0.1, 0.15) is 11.1 Å². The van der Waals surface area contributed by atoms with E-state index in [1.165, 1.54) is 0 Å². The van der Waals surface area contributed by atoms with Crippen LogP contribution in [0.4, 0.5) is 5.82 Å². The summed E-state index contributed by atoms with van der Waals surface area (Å²) in [6, 6.07) is 1.98. The number of nitrogen functional groups attached to an aromatic ring is 1. The summed E-state index contributed by atoms with van der Waals surface area (Å²) in [6.45, 7) is 2.50. The summed E-state index contributed by atoms with van der Waals surface area (Å²) in [6.07, 6.45) is 5.48. The topological polar surface area (TPSA) is 64.9 Å². The summed E-state index contributed by atoms with van der Waals surface area (Å²) in [5.41, 5.74) is 13.0. The van der Waals surface area contributed by atoms with Crippen LogP contribution in [-0.2, 0) is 0 Å². The van der Waals surface area contributed by atoms with Crippen molar-refractivity contribution in [3.63, 3.8) is 0 Å². The predicted octanol–water partition coefficient (Wildman–Crippen LogP) is 0.944. The fourth-order valence-corrected chi connectivity index (χ4v) is 0.931. The Kier molecular flexibility index (Phi) is 2.82. The van der Waals surface area contributed by atoms with Gasteiger partial charge >= 0.3 is 0 Å². The lowest BCUT2D eigenvalue weighted by atomic mass is 10.2. The molecule has 1 aromatic heterocycles. The fraction of sp³-hybridized carbons (Fsp3) is 0.222. The quantitative estimate of drug-likeness (QED) is 0.682. The van der Waals surface area contributed by atoms with Crippen LogP contribution in [0, 0.1) is 6.92 Å². The molecule has 1 rings (SSSR count). The van der Waals surface area contributed by atoms with Gasteiger partial charge in [0.05, 0.1) is 0 Å². The van der Waals surface area contributed by atoms with E-state index in [0.717, 1.165) is 11.1 Å². The maximum absolute atomic E-state index is 5.63. The Labute approximate surface area is 72.1 Å². The maximum Gasteiger partial charge on any atom is 0.130 e. The number of rotatable bonds is 2. The average molecular weight is 163 g/mol. The van der Waals surface area contributed by atoms with E-state index in [1.54, 1.807) is 6.20 Å². The lowest BCUT2D eigenvalue weighted by Crippen LogP contribution is -1.96. The van der Waals surface area contributed by atoms with E-state index in [9.17, 15) is 0 Å². The van der Waals surface area contributed by atoms with Gasteiger partial charge in [-0.25, -0.2) is 4.98 Å². The van der Waals surface area contributed by atoms with Crippen LogP contribution >= 0.6 is 0 Å². The van der Waals surface area contributed by atoms with Gasteiger partial charge in [-0.3, -0.25) is 0 Å². The van der Waals surface area contributed by atoms with Gasteiger partial charge in [0.25, 0.3) is 0 Å². The molecule has 3 nitrogen and oxygen atoms in total. The van der Waals surface area contributed by atoms with Crippen LogP contribution < -0.4 is 11.5 Å². The van der Waals surface area contributed by atoms with Crippen molar-refractivity contribution in [2.24, 2.45) is 5.73 Å². The molecule has 64 valence electrons. The molecule has 0 bridgehead atoms. The highest BCUT2D eigenvalue weighted by Crippen LogP contribution is 2.11. The van der Waals surface area contributed by atoms with Crippen LogP contribution in [0.3, 0.4) is 0 Å². The van der Waals surface area contributed by atoms with Gasteiger partial charge in [0.15, 0.2) is 0 Å². The fourth-order valence-electron chi connectivity index (χ4n) is 0.931. The lowest BCUT2D eigenvalue weighted by molar-refractivity contribution is 1.25. The smallest absolute Gasteiger partial charge is 0.130 e. The second-order valence-electron chi connectivity index (χ2n) is 2.63. The van der Waals surface area contributed by atoms with Gasteiger partial charge in [0.2, 0.25) is 0 Å². The largest absolute Gasteiger partial charge is 0.383 e. The Bertz CT molecular complexity index is 292. The summed E-state index contributed by atoms with van der Waals surface area (Å²) in [7, 11) is 0. The van der Waals surface area contributed by atoms with Crippen LogP contribution in [-0.4, -0.2) is 11.5 Å². The molecule has 0 amide bonds. The van der Waals surface area contributed by atoms with Crippen molar-refractivity contribution in [2.75, 3.05) is 12.3 Å². The summed E-state index contributed by atoms with van der Waals surface area (Å²) < 4.78 is 0. The number of pyridine rings is 1. The number of aryl methyl sites for hydroxylation is 1. The number of hydrogen-bond donors (Lipinski definition) is 2. The molecule has 3 heteroatoms. The highest BCUT2D eigenvalue weighted by molar-refractivity contribution is 5.61. The molecule has 0 radical (unpaired) electrons. The first kappa shape index (κ1) is 8.74. The number of nitrogens with zero attached hydrogens (tertiary/aromatic N) is 1. The molecule has 0 aliphatic rings. The van der Waals surface area contributed by atoms with Crippen molar-refractivity contribution < 1.29 is 0 Å². The molecule has 12 heavy (non-hydrogen) atoms. The predicted molar refractivity (Wildman–Crippen MR) is 51.5 cm³/mol. The Morgan fingerprint density at radius 2 is 2.33 bits per heavy atom. The first-order valence-electron chi connectivity index (χ1n) is 3.83. The van der Waals surface area contributed by atoms with Gasteiger partial charge in [0.1, 0.15) is 5.82 Å². The second-order valence-corrected chi connectivity index (χ2v) is 2.63. The zero-order valence-electron chi connectivity index (χ0n) is 7.12. The van der Waals surface area contributed by atoms with Crippen molar-refractivity contribution in [1.82, 2.24) is 4.98 Å². The number of hydrogen-bond acceptors (Lipinski definition) is 3. The van der Waals surface area contributed by atoms with Crippen molar-refractivity contribution in [3.8, 4) is 0 Å². The van der Waals surface area contributed by atoms with Crippen molar-refractivity contribution in [1.29, 1.82) is 0 Å². The van der Waals surface area contributed by atoms with Gasteiger partial charge < -0.3 is 11.5 Å². The van der Waals surface area contributed by atoms with E-state index in [1.807, 2.05) is 25.1 Å². The van der Waals surface area contributed by atoms with Gasteiger partial charge in [-0.05, 0) is 18.6 Å². The molecule has 0 saturated heterocycles. The standard InChI is InChI=1S/C9H13N3/c1-7-5-8(3-2-4-10)9(11)12-6-7/h2-3,5-6H,4,10H2,1H3,(H2,11,12). The van der Waals surface area contributed by atoms with Crippen molar-refractivity contribution in [2.45, 2.75) is 6.92 Å². The summed E-state index contributed by atoms with van der Waals surface area (Å²) >= 11 is 0. The molecule has 0 unspecified atom stereocenters. The molecular formula is C9H13N3. The molecule has 0 saturated carbocycles. The molecular weight excluding hydrogens is 150 g/mol. The third-order valence-electron chi connectivity index (χ3n) is 1.52. The minimum Gasteiger partial charge on any atom is -0.383 e. The van der Waals surface area contributed by atoms with Crippen molar-refractivity contribution in [3.05, 3.63) is 29.5 Å². The third-order valence-corrected chi connectivity index (χ3v) is 1.52. The number of anilines is 1. The van der Waals surface area contributed by atoms with E-state index < -0.39 is 0 Å². The minimum absolute atomic E-state index is 0.521. The Morgan fingerprint density at radius 1 is 1.58 bits per heavy atom. The van der Waals surface area contributed by atoms with E-state index in [-0.39, 0.29) is 0 Å². The van der Waals surface area contributed by atoms with Gasteiger partial charge in [0, 0.05) is 18.3 Å². The first-order valence-corrected chi connectivity index (χ1v) is 3.83. The van der Waals surface area contributed by atoms with Gasteiger partial charge in [-0.2, -0.15) is 0 Å². The van der Waals surface area contributed by atoms with Gasteiger partial charge in [-0.1, -0.05) is 12.2 Å². The molecule has 0 atom stereocenters. The molecule has 0 aromatic carbocycles. The maximum atomic E-state index is 5.63. The Morgan fingerprint density at radius 3 is 3.00 bits per heavy atom. The van der Waals surface area contributed by atoms with Crippen LogP contribution in [0.2, 0.25) is 0 Å². The third kappa shape index (κ3) is 2.07. The number of nitrogens with two attached hydrogens (primary N) is 2. The molecule has 0 fully saturated rings. The highest BCUT2D eigenvalue weighted by Gasteiger charge is 1.94. The van der Waals surface area contributed by atoms with Crippen LogP contribution in [0.25, 0.3) is 6.08 Å². The summed E-state index contributed by atoms with van der Waals surface area (Å²) in [5, 5.41) is 0. The Balaban J connectivity index is 2.97. The molecule has 0 spiro atoms. The number of aromatic nitrogens is 1. The monoisotopic (exact) mass is 163 g/mol. The van der Waals surface area contributed by atoms with E-state index in [2.05, 4.69) is 4.98 Å². The zero-order valence-corrected chi connectivity index (χ0v) is 7.12. The normalized spacial score (nSPS) is 10.8. The van der Waals surface area contributed by atoms with E-state index >= 15 is 0 Å².